The summed E-state index contributed by atoms with van der Waals surface area (Å²) in [6, 6.07) is 0. The SMILES string of the molecule is CC(CCC(=O)O)C(=O)O.O. The van der Waals surface area contributed by atoms with E-state index in [1.807, 2.05) is 0 Å². The molecule has 11 heavy (non-hydrogen) atoms. The van der Waals surface area contributed by atoms with E-state index in [1.54, 1.807) is 0 Å². The lowest BCUT2D eigenvalue weighted by molar-refractivity contribution is -0.142. The number of hydrogen-bond donors (Lipinski definition) is 2. The van der Waals surface area contributed by atoms with Crippen LogP contribution in [0.5, 0.6) is 0 Å². The number of carboxylic acid groups (broad SMARTS) is 2. The minimum absolute atomic E-state index is 0. The molecular formula is C6H12O5. The fourth-order valence-electron chi connectivity index (χ4n) is 0.463. The second-order valence-corrected chi connectivity index (χ2v) is 2.17. The van der Waals surface area contributed by atoms with Crippen LogP contribution in [0, 0.1) is 5.92 Å². The van der Waals surface area contributed by atoms with Gasteiger partial charge in [0.15, 0.2) is 0 Å². The topological polar surface area (TPSA) is 106 Å². The highest BCUT2D eigenvalue weighted by molar-refractivity contribution is 5.71. The number of aliphatic carboxylic acids is 2. The van der Waals surface area contributed by atoms with Gasteiger partial charge in [-0.2, -0.15) is 0 Å². The van der Waals surface area contributed by atoms with Gasteiger partial charge in [0.1, 0.15) is 0 Å². The molecule has 0 aliphatic heterocycles. The monoisotopic (exact) mass is 164 g/mol. The van der Waals surface area contributed by atoms with Crippen molar-refractivity contribution in [2.45, 2.75) is 19.8 Å². The van der Waals surface area contributed by atoms with Gasteiger partial charge >= 0.3 is 11.9 Å². The zero-order chi connectivity index (χ0) is 8.15. The van der Waals surface area contributed by atoms with Gasteiger partial charge < -0.3 is 15.7 Å². The van der Waals surface area contributed by atoms with E-state index in [-0.39, 0.29) is 18.3 Å². The van der Waals surface area contributed by atoms with Crippen molar-refractivity contribution in [3.8, 4) is 0 Å². The van der Waals surface area contributed by atoms with Gasteiger partial charge in [-0.05, 0) is 6.42 Å². The van der Waals surface area contributed by atoms with Crippen molar-refractivity contribution < 1.29 is 25.3 Å². The molecule has 0 radical (unpaired) electrons. The summed E-state index contributed by atoms with van der Waals surface area (Å²) in [4.78, 5) is 20.1. The van der Waals surface area contributed by atoms with Crippen molar-refractivity contribution in [1.29, 1.82) is 0 Å². The van der Waals surface area contributed by atoms with Gasteiger partial charge in [0, 0.05) is 6.42 Å². The van der Waals surface area contributed by atoms with Gasteiger partial charge in [-0.1, -0.05) is 6.92 Å². The zero-order valence-corrected chi connectivity index (χ0v) is 6.20. The Morgan fingerprint density at radius 3 is 2.09 bits per heavy atom. The van der Waals surface area contributed by atoms with Crippen LogP contribution >= 0.6 is 0 Å². The van der Waals surface area contributed by atoms with Gasteiger partial charge in [0.2, 0.25) is 0 Å². The van der Waals surface area contributed by atoms with Crippen LogP contribution < -0.4 is 0 Å². The second kappa shape index (κ2) is 5.67. The quantitative estimate of drug-likeness (QED) is 0.597. The maximum Gasteiger partial charge on any atom is 0.306 e. The molecule has 0 aromatic carbocycles. The molecule has 0 amide bonds. The van der Waals surface area contributed by atoms with Crippen molar-refractivity contribution in [2.75, 3.05) is 0 Å². The molecule has 66 valence electrons. The van der Waals surface area contributed by atoms with Crippen LogP contribution in [0.4, 0.5) is 0 Å². The highest BCUT2D eigenvalue weighted by atomic mass is 16.4. The Labute approximate surface area is 64.0 Å². The molecule has 0 aliphatic carbocycles. The molecule has 0 heterocycles. The second-order valence-electron chi connectivity index (χ2n) is 2.17. The molecule has 5 heteroatoms. The third-order valence-corrected chi connectivity index (χ3v) is 1.21. The lowest BCUT2D eigenvalue weighted by Crippen LogP contribution is -2.11. The van der Waals surface area contributed by atoms with Gasteiger partial charge in [0.25, 0.3) is 0 Å². The molecule has 0 fully saturated rings. The Hall–Kier alpha value is -1.10. The number of hydrogen-bond acceptors (Lipinski definition) is 2. The van der Waals surface area contributed by atoms with E-state index < -0.39 is 17.9 Å². The molecule has 5 nitrogen and oxygen atoms in total. The molecular weight excluding hydrogens is 152 g/mol. The molecule has 1 unspecified atom stereocenters. The van der Waals surface area contributed by atoms with Gasteiger partial charge in [-0.15, -0.1) is 0 Å². The largest absolute Gasteiger partial charge is 0.481 e. The summed E-state index contributed by atoms with van der Waals surface area (Å²) in [5.74, 6) is -2.45. The summed E-state index contributed by atoms with van der Waals surface area (Å²) in [6.45, 7) is 1.49. The van der Waals surface area contributed by atoms with Crippen LogP contribution in [0.1, 0.15) is 19.8 Å². The minimum Gasteiger partial charge on any atom is -0.481 e. The van der Waals surface area contributed by atoms with E-state index in [1.165, 1.54) is 6.92 Å². The summed E-state index contributed by atoms with van der Waals surface area (Å²) in [6.07, 6.45) is 0.123. The fourth-order valence-corrected chi connectivity index (χ4v) is 0.463. The van der Waals surface area contributed by atoms with Crippen molar-refractivity contribution in [3.63, 3.8) is 0 Å². The number of rotatable bonds is 4. The first-order valence-corrected chi connectivity index (χ1v) is 2.98. The third kappa shape index (κ3) is 6.79. The summed E-state index contributed by atoms with van der Waals surface area (Å²) >= 11 is 0. The maximum absolute atomic E-state index is 10.1. The zero-order valence-electron chi connectivity index (χ0n) is 6.20. The Balaban J connectivity index is 0. The first kappa shape index (κ1) is 12.6. The minimum atomic E-state index is -0.951. The van der Waals surface area contributed by atoms with Crippen molar-refractivity contribution in [2.24, 2.45) is 5.92 Å². The van der Waals surface area contributed by atoms with Crippen LogP contribution in [0.15, 0.2) is 0 Å². The highest BCUT2D eigenvalue weighted by Gasteiger charge is 2.11. The summed E-state index contributed by atoms with van der Waals surface area (Å²) in [7, 11) is 0. The predicted molar refractivity (Wildman–Crippen MR) is 37.3 cm³/mol. The molecule has 0 aromatic rings. The van der Waals surface area contributed by atoms with Crippen LogP contribution in [-0.4, -0.2) is 27.6 Å². The smallest absolute Gasteiger partial charge is 0.306 e. The van der Waals surface area contributed by atoms with Crippen molar-refractivity contribution in [1.82, 2.24) is 0 Å². The lowest BCUT2D eigenvalue weighted by Gasteiger charge is -2.01. The molecule has 0 rings (SSSR count). The standard InChI is InChI=1S/C6H10O4.H2O/c1-4(6(9)10)2-3-5(7)8;/h4H,2-3H2,1H3,(H,7,8)(H,9,10);1H2. The van der Waals surface area contributed by atoms with E-state index in [0.29, 0.717) is 0 Å². The van der Waals surface area contributed by atoms with E-state index in [0.717, 1.165) is 0 Å². The normalized spacial score (nSPS) is 11.4. The Morgan fingerprint density at radius 2 is 1.82 bits per heavy atom. The molecule has 0 saturated carbocycles. The van der Waals surface area contributed by atoms with Crippen molar-refractivity contribution in [3.05, 3.63) is 0 Å². The van der Waals surface area contributed by atoms with Gasteiger partial charge in [-0.25, -0.2) is 0 Å². The van der Waals surface area contributed by atoms with Crippen LogP contribution in [0.2, 0.25) is 0 Å². The van der Waals surface area contributed by atoms with Crippen LogP contribution in [-0.2, 0) is 9.59 Å². The molecule has 0 bridgehead atoms. The van der Waals surface area contributed by atoms with Crippen LogP contribution in [0.25, 0.3) is 0 Å². The molecule has 1 atom stereocenters. The molecule has 0 saturated heterocycles. The predicted octanol–water partition coefficient (Wildman–Crippen LogP) is -0.253. The molecule has 0 aromatic heterocycles. The van der Waals surface area contributed by atoms with E-state index in [4.69, 9.17) is 10.2 Å². The average Bonchev–Trinajstić information content (AvgIpc) is 1.82. The maximum atomic E-state index is 10.1. The highest BCUT2D eigenvalue weighted by Crippen LogP contribution is 2.04. The Bertz CT molecular complexity index is 142. The van der Waals surface area contributed by atoms with E-state index >= 15 is 0 Å². The molecule has 0 spiro atoms. The van der Waals surface area contributed by atoms with Crippen LogP contribution in [0.3, 0.4) is 0 Å². The van der Waals surface area contributed by atoms with Crippen molar-refractivity contribution >= 4 is 11.9 Å². The Morgan fingerprint density at radius 1 is 1.36 bits per heavy atom. The first-order valence-electron chi connectivity index (χ1n) is 2.98. The number of carboxylic acids is 2. The number of carbonyl (C=O) groups is 2. The van der Waals surface area contributed by atoms with E-state index in [9.17, 15) is 9.59 Å². The lowest BCUT2D eigenvalue weighted by atomic mass is 10.1. The van der Waals surface area contributed by atoms with Gasteiger partial charge in [-0.3, -0.25) is 9.59 Å². The van der Waals surface area contributed by atoms with E-state index in [2.05, 4.69) is 0 Å². The molecule has 4 N–H and O–H groups in total. The Kier molecular flexibility index (Phi) is 6.47. The van der Waals surface area contributed by atoms with Gasteiger partial charge in [0.05, 0.1) is 5.92 Å². The summed E-state index contributed by atoms with van der Waals surface area (Å²) in [5.41, 5.74) is 0. The summed E-state index contributed by atoms with van der Waals surface area (Å²) in [5, 5.41) is 16.5. The fraction of sp³-hybridized carbons (Fsp3) is 0.667. The molecule has 0 aliphatic rings. The summed E-state index contributed by atoms with van der Waals surface area (Å²) < 4.78 is 0. The first-order chi connectivity index (χ1) is 4.54. The third-order valence-electron chi connectivity index (χ3n) is 1.21. The average molecular weight is 164 g/mol.